The van der Waals surface area contributed by atoms with Gasteiger partial charge >= 0.3 is 5.97 Å². The van der Waals surface area contributed by atoms with E-state index in [-0.39, 0.29) is 28.4 Å². The Kier molecular flexibility index (Phi) is 11.9. The molecule has 0 saturated carbocycles. The van der Waals surface area contributed by atoms with Gasteiger partial charge in [0.2, 0.25) is 0 Å². The summed E-state index contributed by atoms with van der Waals surface area (Å²) in [5.74, 6) is 1.70. The van der Waals surface area contributed by atoms with Crippen LogP contribution >= 0.6 is 23.9 Å². The van der Waals surface area contributed by atoms with Crippen molar-refractivity contribution in [3.63, 3.8) is 0 Å². The van der Waals surface area contributed by atoms with Crippen LogP contribution < -0.4 is 4.74 Å². The number of rotatable bonds is 7. The van der Waals surface area contributed by atoms with Gasteiger partial charge in [-0.25, -0.2) is 27.7 Å². The van der Waals surface area contributed by atoms with Crippen LogP contribution in [0.1, 0.15) is 75.9 Å². The van der Waals surface area contributed by atoms with E-state index in [1.165, 1.54) is 30.3 Å². The number of fused-ring (bicyclic) bond motifs is 8. The second kappa shape index (κ2) is 16.2. The summed E-state index contributed by atoms with van der Waals surface area (Å²) in [6.07, 6.45) is 5.71. The molecule has 282 valence electrons. The summed E-state index contributed by atoms with van der Waals surface area (Å²) in [5, 5.41) is 4.91. The molecule has 53 heavy (non-hydrogen) atoms. The molecule has 4 bridgehead atoms. The largest absolute Gasteiger partial charge is 0.466 e. The molecule has 1 atom stereocenters. The molecule has 3 aromatic carbocycles. The van der Waals surface area contributed by atoms with Gasteiger partial charge in [-0.15, -0.1) is 0 Å². The van der Waals surface area contributed by atoms with Gasteiger partial charge in [0.15, 0.2) is 23.2 Å². The van der Waals surface area contributed by atoms with Crippen LogP contribution in [0.5, 0.6) is 11.5 Å². The number of hydrogen-bond acceptors (Lipinski definition) is 9. The molecule has 1 aliphatic heterocycles. The van der Waals surface area contributed by atoms with Crippen molar-refractivity contribution in [1.82, 2.24) is 28.0 Å². The molecule has 9 nitrogen and oxygen atoms in total. The molecule has 0 amide bonds. The molecule has 0 N–H and O–H groups in total. The molecule has 3 heterocycles. The summed E-state index contributed by atoms with van der Waals surface area (Å²) in [5.41, 5.74) is 3.66. The van der Waals surface area contributed by atoms with Crippen LogP contribution in [0, 0.1) is 17.0 Å². The number of aryl methyl sites for hydroxylation is 3. The molecule has 13 heteroatoms. The SMILES string of the molecule is CCOC(=O)CCc1cccc(C2(C)CCCC(C)(C)CSCCc3c(c(F)cc4c3ncn4SN(C)C)Oc3ccc(F)c(c3)-c3nc2nn3C)c1. The van der Waals surface area contributed by atoms with Crippen molar-refractivity contribution >= 4 is 40.9 Å². The van der Waals surface area contributed by atoms with Crippen molar-refractivity contribution in [2.75, 3.05) is 32.2 Å². The van der Waals surface area contributed by atoms with Gasteiger partial charge in [0.25, 0.3) is 0 Å². The van der Waals surface area contributed by atoms with Crippen molar-refractivity contribution < 1.29 is 23.0 Å². The number of carbonyl (C=O) groups excluding carboxylic acids is 1. The standard InChI is InChI=1S/C40H48F2N6O3S2/c1-8-50-34(49)16-13-26-11-9-12-27(21-26)40(4)19-10-18-39(2,3)24-52-20-17-29-35-33(48(25-43-35)53-46(5)6)23-32(42)36(29)51-28-14-15-31(41)30(22-28)37-44-38(40)45-47(37)7/h9,11-12,14-15,21-23,25H,8,10,13,16-20,24H2,1-7H3. The highest BCUT2D eigenvalue weighted by atomic mass is 32.2. The maximum atomic E-state index is 16.1. The Morgan fingerprint density at radius 2 is 1.91 bits per heavy atom. The van der Waals surface area contributed by atoms with Crippen LogP contribution in [0.15, 0.2) is 54.9 Å². The molecular formula is C40H48F2N6O3S2. The topological polar surface area (TPSA) is 87.3 Å². The molecule has 0 aliphatic carbocycles. The van der Waals surface area contributed by atoms with E-state index in [1.807, 2.05) is 46.3 Å². The van der Waals surface area contributed by atoms with Crippen LogP contribution in [0.4, 0.5) is 8.78 Å². The predicted octanol–water partition coefficient (Wildman–Crippen LogP) is 9.16. The minimum atomic E-state index is -0.614. The van der Waals surface area contributed by atoms with E-state index in [1.54, 1.807) is 31.0 Å². The maximum absolute atomic E-state index is 16.1. The first-order valence-electron chi connectivity index (χ1n) is 18.0. The second-order valence-electron chi connectivity index (χ2n) is 14.8. The maximum Gasteiger partial charge on any atom is 0.306 e. The second-order valence-corrected chi connectivity index (χ2v) is 17.2. The third kappa shape index (κ3) is 8.73. The minimum absolute atomic E-state index is 0.0162. The van der Waals surface area contributed by atoms with E-state index in [0.29, 0.717) is 54.1 Å². The highest BCUT2D eigenvalue weighted by molar-refractivity contribution is 7.99. The molecule has 6 rings (SSSR count). The fourth-order valence-electron chi connectivity index (χ4n) is 6.89. The van der Waals surface area contributed by atoms with Gasteiger partial charge in [-0.1, -0.05) is 44.5 Å². The molecule has 1 unspecified atom stereocenters. The van der Waals surface area contributed by atoms with E-state index < -0.39 is 17.0 Å². The Labute approximate surface area is 319 Å². The van der Waals surface area contributed by atoms with Crippen LogP contribution in [-0.2, 0) is 34.8 Å². The molecular weight excluding hydrogens is 715 g/mol. The van der Waals surface area contributed by atoms with E-state index in [2.05, 4.69) is 32.9 Å². The lowest BCUT2D eigenvalue weighted by molar-refractivity contribution is -0.143. The van der Waals surface area contributed by atoms with E-state index in [0.717, 1.165) is 41.9 Å². The monoisotopic (exact) mass is 762 g/mol. The van der Waals surface area contributed by atoms with Gasteiger partial charge in [-0.05, 0) is 99.9 Å². The summed E-state index contributed by atoms with van der Waals surface area (Å²) in [6.45, 7) is 8.87. The molecule has 0 saturated heterocycles. The number of hydrogen-bond donors (Lipinski definition) is 0. The van der Waals surface area contributed by atoms with E-state index in [4.69, 9.17) is 24.5 Å². The molecule has 0 spiro atoms. The van der Waals surface area contributed by atoms with Crippen LogP contribution in [0.3, 0.4) is 0 Å². The zero-order valence-corrected chi connectivity index (χ0v) is 33.2. The average Bonchev–Trinajstić information content (AvgIpc) is 3.70. The Balaban J connectivity index is 1.43. The lowest BCUT2D eigenvalue weighted by Gasteiger charge is -2.30. The molecule has 5 aromatic rings. The first-order chi connectivity index (χ1) is 25.3. The van der Waals surface area contributed by atoms with Crippen molar-refractivity contribution in [3.05, 3.63) is 89.0 Å². The van der Waals surface area contributed by atoms with Crippen LogP contribution in [-0.4, -0.2) is 66.2 Å². The van der Waals surface area contributed by atoms with Gasteiger partial charge in [-0.2, -0.15) is 16.9 Å². The quantitative estimate of drug-likeness (QED) is 0.119. The highest BCUT2D eigenvalue weighted by Crippen LogP contribution is 2.41. The Morgan fingerprint density at radius 3 is 2.68 bits per heavy atom. The summed E-state index contributed by atoms with van der Waals surface area (Å²) < 4.78 is 48.7. The smallest absolute Gasteiger partial charge is 0.306 e. The van der Waals surface area contributed by atoms with Crippen LogP contribution in [0.25, 0.3) is 22.4 Å². The third-order valence-electron chi connectivity index (χ3n) is 9.73. The fraction of sp³-hybridized carbons (Fsp3) is 0.450. The Hall–Kier alpha value is -3.94. The van der Waals surface area contributed by atoms with Gasteiger partial charge in [0.05, 0.1) is 28.6 Å². The average molecular weight is 763 g/mol. The van der Waals surface area contributed by atoms with Gasteiger partial charge in [0, 0.05) is 37.2 Å². The van der Waals surface area contributed by atoms with Crippen molar-refractivity contribution in [2.24, 2.45) is 12.5 Å². The van der Waals surface area contributed by atoms with Crippen molar-refractivity contribution in [1.29, 1.82) is 0 Å². The number of thioether (sulfide) groups is 1. The molecule has 0 radical (unpaired) electrons. The predicted molar refractivity (Wildman–Crippen MR) is 209 cm³/mol. The summed E-state index contributed by atoms with van der Waals surface area (Å²) in [4.78, 5) is 21.9. The molecule has 1 aliphatic rings. The van der Waals surface area contributed by atoms with E-state index in [9.17, 15) is 4.79 Å². The third-order valence-corrected chi connectivity index (χ3v) is 12.0. The number of esters is 1. The summed E-state index contributed by atoms with van der Waals surface area (Å²) in [7, 11) is 5.60. The van der Waals surface area contributed by atoms with Crippen molar-refractivity contribution in [3.8, 4) is 22.9 Å². The first kappa shape index (κ1) is 38.8. The number of carbonyl (C=O) groups is 1. The molecule has 2 aromatic heterocycles. The van der Waals surface area contributed by atoms with E-state index >= 15 is 8.78 Å². The summed E-state index contributed by atoms with van der Waals surface area (Å²) in [6, 6.07) is 14.1. The normalized spacial score (nSPS) is 17.9. The lowest BCUT2D eigenvalue weighted by atomic mass is 9.75. The zero-order chi connectivity index (χ0) is 37.9. The Morgan fingerprint density at radius 1 is 1.09 bits per heavy atom. The fourth-order valence-corrected chi connectivity index (χ4v) is 8.75. The van der Waals surface area contributed by atoms with Gasteiger partial charge < -0.3 is 9.47 Å². The first-order valence-corrected chi connectivity index (χ1v) is 19.9. The highest BCUT2D eigenvalue weighted by Gasteiger charge is 2.35. The lowest BCUT2D eigenvalue weighted by Crippen LogP contribution is -2.27. The van der Waals surface area contributed by atoms with Gasteiger partial charge in [-0.3, -0.25) is 8.77 Å². The number of halogens is 2. The Bertz CT molecular complexity index is 2100. The minimum Gasteiger partial charge on any atom is -0.466 e. The number of aromatic nitrogens is 5. The number of nitrogens with zero attached hydrogens (tertiary/aromatic N) is 6. The van der Waals surface area contributed by atoms with Crippen LogP contribution in [0.2, 0.25) is 0 Å². The molecule has 0 fully saturated rings. The van der Waals surface area contributed by atoms with Gasteiger partial charge in [0.1, 0.15) is 17.9 Å². The number of ether oxygens (including phenoxy) is 2. The number of imidazole rings is 1. The summed E-state index contributed by atoms with van der Waals surface area (Å²) >= 11 is 3.25. The number of benzene rings is 3. The van der Waals surface area contributed by atoms with Crippen molar-refractivity contribution in [2.45, 2.75) is 71.6 Å². The zero-order valence-electron chi connectivity index (χ0n) is 31.5.